The zero-order valence-electron chi connectivity index (χ0n) is 22.8. The van der Waals surface area contributed by atoms with Gasteiger partial charge < -0.3 is 19.0 Å². The van der Waals surface area contributed by atoms with Gasteiger partial charge in [-0.05, 0) is 55.0 Å². The standard InChI is InChI=1S/C27H33NO10S2/c1-18(2)16-20-7-9-21(10-8-20)19(3)26(30)37-22-11-12-24(38-25(29)6-5-13-36-28(32)33)23(17-22)27(31)35-14-15-39-40(4)34/h7-12,17-19H,5-6,13-16H2,1-4H3. The van der Waals surface area contributed by atoms with Crippen molar-refractivity contribution >= 4 is 38.5 Å². The molecule has 2 unspecified atom stereocenters. The van der Waals surface area contributed by atoms with Gasteiger partial charge in [0.15, 0.2) is 0 Å². The second kappa shape index (κ2) is 16.6. The van der Waals surface area contributed by atoms with Crippen LogP contribution in [0.1, 0.15) is 61.0 Å². The van der Waals surface area contributed by atoms with Gasteiger partial charge in [-0.15, -0.1) is 10.1 Å². The molecule has 2 atom stereocenters. The van der Waals surface area contributed by atoms with Crippen molar-refractivity contribution in [2.24, 2.45) is 5.92 Å². The maximum Gasteiger partial charge on any atom is 0.342 e. The highest BCUT2D eigenvalue weighted by molar-refractivity contribution is 8.68. The van der Waals surface area contributed by atoms with Crippen LogP contribution in [-0.2, 0) is 35.4 Å². The van der Waals surface area contributed by atoms with Gasteiger partial charge in [-0.25, -0.2) is 9.00 Å². The Bertz CT molecular complexity index is 1200. The zero-order valence-corrected chi connectivity index (χ0v) is 24.4. The molecule has 0 heterocycles. The Hall–Kier alpha value is -3.45. The van der Waals surface area contributed by atoms with Gasteiger partial charge in [-0.3, -0.25) is 9.59 Å². The van der Waals surface area contributed by atoms with Crippen molar-refractivity contribution in [1.82, 2.24) is 0 Å². The smallest absolute Gasteiger partial charge is 0.342 e. The molecule has 0 spiro atoms. The van der Waals surface area contributed by atoms with Crippen LogP contribution < -0.4 is 9.47 Å². The summed E-state index contributed by atoms with van der Waals surface area (Å²) in [5.41, 5.74) is 1.78. The van der Waals surface area contributed by atoms with Gasteiger partial charge in [-0.2, -0.15) is 0 Å². The highest BCUT2D eigenvalue weighted by Gasteiger charge is 2.22. The minimum atomic E-state index is -1.13. The molecule has 0 aliphatic heterocycles. The van der Waals surface area contributed by atoms with Gasteiger partial charge >= 0.3 is 17.9 Å². The topological polar surface area (TPSA) is 148 Å². The second-order valence-corrected chi connectivity index (χ2v) is 12.7. The molecule has 0 amide bonds. The molecule has 0 radical (unpaired) electrons. The largest absolute Gasteiger partial charge is 0.461 e. The number of carbonyl (C=O) groups is 3. The minimum absolute atomic E-state index is 0.0248. The molecule has 2 rings (SSSR count). The van der Waals surface area contributed by atoms with Crippen LogP contribution in [0.25, 0.3) is 0 Å². The second-order valence-electron chi connectivity index (χ2n) is 9.13. The first-order valence-electron chi connectivity index (χ1n) is 12.5. The molecule has 0 saturated carbocycles. The van der Waals surface area contributed by atoms with Crippen molar-refractivity contribution in [3.05, 3.63) is 69.3 Å². The molecule has 0 bridgehead atoms. The Morgan fingerprint density at radius 1 is 1.02 bits per heavy atom. The highest BCUT2D eigenvalue weighted by Crippen LogP contribution is 2.28. The van der Waals surface area contributed by atoms with Crippen molar-refractivity contribution in [2.75, 3.05) is 25.2 Å². The first kappa shape index (κ1) is 32.8. The molecular formula is C27H33NO10S2. The Kier molecular flexibility index (Phi) is 13.6. The van der Waals surface area contributed by atoms with E-state index < -0.39 is 38.7 Å². The molecule has 0 saturated heterocycles. The fourth-order valence-electron chi connectivity index (χ4n) is 3.47. The molecule has 0 aliphatic rings. The molecule has 0 fully saturated rings. The predicted octanol–water partition coefficient (Wildman–Crippen LogP) is 4.67. The summed E-state index contributed by atoms with van der Waals surface area (Å²) in [5.74, 6) is -2.03. The van der Waals surface area contributed by atoms with Gasteiger partial charge in [0.1, 0.15) is 23.7 Å². The summed E-state index contributed by atoms with van der Waals surface area (Å²) in [5, 5.41) is 9.28. The molecule has 2 aromatic carbocycles. The number of hydrogen-bond acceptors (Lipinski definition) is 11. The zero-order chi connectivity index (χ0) is 29.7. The summed E-state index contributed by atoms with van der Waals surface area (Å²) in [6, 6.07) is 11.6. The van der Waals surface area contributed by atoms with E-state index in [-0.39, 0.29) is 48.9 Å². The van der Waals surface area contributed by atoms with E-state index in [9.17, 15) is 28.7 Å². The van der Waals surface area contributed by atoms with Crippen LogP contribution in [0.15, 0.2) is 42.5 Å². The van der Waals surface area contributed by atoms with Crippen LogP contribution in [0.4, 0.5) is 0 Å². The Balaban J connectivity index is 2.14. The number of hydrogen-bond donors (Lipinski definition) is 0. The Morgan fingerprint density at radius 3 is 2.35 bits per heavy atom. The number of benzene rings is 2. The first-order chi connectivity index (χ1) is 19.0. The predicted molar refractivity (Wildman–Crippen MR) is 150 cm³/mol. The molecule has 11 nitrogen and oxygen atoms in total. The maximum absolute atomic E-state index is 12.9. The molecule has 13 heteroatoms. The Morgan fingerprint density at radius 2 is 1.73 bits per heavy atom. The van der Waals surface area contributed by atoms with Crippen LogP contribution in [-0.4, -0.2) is 52.4 Å². The lowest BCUT2D eigenvalue weighted by molar-refractivity contribution is -0.757. The summed E-state index contributed by atoms with van der Waals surface area (Å²) < 4.78 is 27.2. The molecule has 2 aromatic rings. The fraction of sp³-hybridized carbons (Fsp3) is 0.444. The lowest BCUT2D eigenvalue weighted by Crippen LogP contribution is -2.18. The number of rotatable bonds is 16. The average Bonchev–Trinajstić information content (AvgIpc) is 2.89. The van der Waals surface area contributed by atoms with E-state index in [1.165, 1.54) is 30.0 Å². The van der Waals surface area contributed by atoms with Crippen molar-refractivity contribution in [3.63, 3.8) is 0 Å². The van der Waals surface area contributed by atoms with Crippen LogP contribution in [0.2, 0.25) is 0 Å². The summed E-state index contributed by atoms with van der Waals surface area (Å²) in [6.45, 7) is 5.63. The van der Waals surface area contributed by atoms with E-state index in [0.29, 0.717) is 5.92 Å². The van der Waals surface area contributed by atoms with E-state index in [4.69, 9.17) is 14.2 Å². The van der Waals surface area contributed by atoms with Gasteiger partial charge in [0.25, 0.3) is 5.09 Å². The van der Waals surface area contributed by atoms with E-state index in [2.05, 4.69) is 18.7 Å². The first-order valence-corrected chi connectivity index (χ1v) is 15.6. The normalized spacial score (nSPS) is 12.3. The van der Waals surface area contributed by atoms with Crippen molar-refractivity contribution in [3.8, 4) is 11.5 Å². The van der Waals surface area contributed by atoms with Crippen LogP contribution in [0.5, 0.6) is 11.5 Å². The Labute approximate surface area is 238 Å². The summed E-state index contributed by atoms with van der Waals surface area (Å²) in [6.07, 6.45) is 2.25. The third kappa shape index (κ3) is 11.7. The van der Waals surface area contributed by atoms with Gasteiger partial charge in [0.05, 0.1) is 22.4 Å². The van der Waals surface area contributed by atoms with Crippen LogP contribution in [0, 0.1) is 16.0 Å². The number of esters is 3. The van der Waals surface area contributed by atoms with E-state index >= 15 is 0 Å². The monoisotopic (exact) mass is 595 g/mol. The fourth-order valence-corrected chi connectivity index (χ4v) is 4.76. The number of ether oxygens (including phenoxy) is 3. The third-order valence-electron chi connectivity index (χ3n) is 5.38. The number of nitrogens with zero attached hydrogens (tertiary/aromatic N) is 1. The molecule has 218 valence electrons. The molecule has 0 aromatic heterocycles. The average molecular weight is 596 g/mol. The maximum atomic E-state index is 12.9. The van der Waals surface area contributed by atoms with Crippen molar-refractivity contribution in [2.45, 2.75) is 46.0 Å². The lowest BCUT2D eigenvalue weighted by Gasteiger charge is -2.15. The SMILES string of the molecule is CC(C)Cc1ccc(C(C)C(=O)Oc2ccc(OC(=O)CCCO[N+](=O)[O-])c(C(=O)OCCSS(C)=O)c2)cc1. The quantitative estimate of drug-likeness (QED) is 0.0665. The molecular weight excluding hydrogens is 562 g/mol. The third-order valence-corrected chi connectivity index (χ3v) is 7.54. The summed E-state index contributed by atoms with van der Waals surface area (Å²) >= 11 is 0. The van der Waals surface area contributed by atoms with E-state index in [0.717, 1.165) is 22.8 Å². The molecule has 0 N–H and O–H groups in total. The highest BCUT2D eigenvalue weighted by atomic mass is 33.1. The molecule has 0 aliphatic carbocycles. The summed E-state index contributed by atoms with van der Waals surface area (Å²) in [7, 11) is -0.0401. The number of carbonyl (C=O) groups excluding carboxylic acids is 3. The van der Waals surface area contributed by atoms with Crippen molar-refractivity contribution in [1.29, 1.82) is 0 Å². The van der Waals surface area contributed by atoms with Crippen molar-refractivity contribution < 1.29 is 42.7 Å². The van der Waals surface area contributed by atoms with Gasteiger partial charge in [-0.1, -0.05) is 48.9 Å². The van der Waals surface area contributed by atoms with Gasteiger partial charge in [0.2, 0.25) is 0 Å². The lowest BCUT2D eigenvalue weighted by atomic mass is 9.97. The van der Waals surface area contributed by atoms with Crippen LogP contribution >= 0.6 is 10.8 Å². The molecule has 40 heavy (non-hydrogen) atoms. The van der Waals surface area contributed by atoms with E-state index in [1.54, 1.807) is 6.92 Å². The van der Waals surface area contributed by atoms with E-state index in [1.807, 2.05) is 24.3 Å². The minimum Gasteiger partial charge on any atom is -0.461 e. The van der Waals surface area contributed by atoms with Gasteiger partial charge in [0, 0.05) is 18.4 Å². The summed E-state index contributed by atoms with van der Waals surface area (Å²) in [4.78, 5) is 52.3. The van der Waals surface area contributed by atoms with Crippen LogP contribution in [0.3, 0.4) is 0 Å².